The molecule has 5 aromatic rings. The van der Waals surface area contributed by atoms with Gasteiger partial charge in [-0.2, -0.15) is 0 Å². The highest BCUT2D eigenvalue weighted by molar-refractivity contribution is 7.17. The molecular formula is C25H19N3S. The lowest BCUT2D eigenvalue weighted by atomic mass is 9.98. The minimum atomic E-state index is 0.898. The Kier molecular flexibility index (Phi) is 3.84. The molecule has 4 heteroatoms. The van der Waals surface area contributed by atoms with E-state index < -0.39 is 0 Å². The summed E-state index contributed by atoms with van der Waals surface area (Å²) in [5, 5.41) is 5.92. The van der Waals surface area contributed by atoms with Gasteiger partial charge in [-0.25, -0.2) is 9.97 Å². The standard InChI is InChI=1S/C25H19N3S/c1-3-7-19-13-20(10-9-17(19)5-1)22-15-29-25-23(22)24(26-16-27-25)28-12-11-18-6-2-4-8-21(18)14-28/h1-10,13,15-16H,11-12,14H2. The maximum absolute atomic E-state index is 4.75. The third-order valence-corrected chi connectivity index (χ3v) is 6.73. The first-order chi connectivity index (χ1) is 14.4. The van der Waals surface area contributed by atoms with Gasteiger partial charge in [0, 0.05) is 24.0 Å². The van der Waals surface area contributed by atoms with Crippen LogP contribution in [0.3, 0.4) is 0 Å². The average Bonchev–Trinajstić information content (AvgIpc) is 3.23. The van der Waals surface area contributed by atoms with Crippen molar-refractivity contribution in [1.82, 2.24) is 9.97 Å². The Bertz CT molecular complexity index is 1350. The fourth-order valence-corrected chi connectivity index (χ4v) is 5.26. The van der Waals surface area contributed by atoms with E-state index in [-0.39, 0.29) is 0 Å². The van der Waals surface area contributed by atoms with E-state index in [2.05, 4.69) is 82.0 Å². The number of fused-ring (bicyclic) bond motifs is 3. The van der Waals surface area contributed by atoms with Gasteiger partial charge in [0.2, 0.25) is 0 Å². The molecule has 2 aromatic heterocycles. The Balaban J connectivity index is 1.49. The van der Waals surface area contributed by atoms with Crippen molar-refractivity contribution in [2.45, 2.75) is 13.0 Å². The third kappa shape index (κ3) is 2.79. The second-order valence-corrected chi connectivity index (χ2v) is 8.39. The second-order valence-electron chi connectivity index (χ2n) is 7.53. The van der Waals surface area contributed by atoms with Crippen LogP contribution in [0.4, 0.5) is 5.82 Å². The first-order valence-electron chi connectivity index (χ1n) is 9.90. The van der Waals surface area contributed by atoms with E-state index in [1.807, 2.05) is 0 Å². The number of anilines is 1. The van der Waals surface area contributed by atoms with Gasteiger partial charge in [-0.15, -0.1) is 11.3 Å². The molecule has 0 N–H and O–H groups in total. The Morgan fingerprint density at radius 1 is 0.828 bits per heavy atom. The van der Waals surface area contributed by atoms with Crippen molar-refractivity contribution in [3.63, 3.8) is 0 Å². The zero-order valence-electron chi connectivity index (χ0n) is 15.9. The molecule has 0 amide bonds. The van der Waals surface area contributed by atoms with E-state index in [9.17, 15) is 0 Å². The van der Waals surface area contributed by atoms with Crippen LogP contribution in [-0.2, 0) is 13.0 Å². The summed E-state index contributed by atoms with van der Waals surface area (Å²) >= 11 is 1.70. The third-order valence-electron chi connectivity index (χ3n) is 5.84. The summed E-state index contributed by atoms with van der Waals surface area (Å²) in [4.78, 5) is 12.8. The number of benzene rings is 3. The highest BCUT2D eigenvalue weighted by Gasteiger charge is 2.22. The number of hydrogen-bond acceptors (Lipinski definition) is 4. The van der Waals surface area contributed by atoms with E-state index in [0.717, 1.165) is 30.2 Å². The van der Waals surface area contributed by atoms with Gasteiger partial charge >= 0.3 is 0 Å². The summed E-state index contributed by atoms with van der Waals surface area (Å²) < 4.78 is 0. The minimum Gasteiger partial charge on any atom is -0.351 e. The number of nitrogens with zero attached hydrogens (tertiary/aromatic N) is 3. The van der Waals surface area contributed by atoms with Crippen LogP contribution in [0.5, 0.6) is 0 Å². The summed E-state index contributed by atoms with van der Waals surface area (Å²) in [6.07, 6.45) is 2.76. The van der Waals surface area contributed by atoms with Crippen LogP contribution in [0.2, 0.25) is 0 Å². The van der Waals surface area contributed by atoms with Crippen molar-refractivity contribution >= 4 is 38.1 Å². The lowest BCUT2D eigenvalue weighted by Gasteiger charge is -2.30. The Morgan fingerprint density at radius 3 is 2.59 bits per heavy atom. The van der Waals surface area contributed by atoms with Crippen molar-refractivity contribution < 1.29 is 0 Å². The van der Waals surface area contributed by atoms with Crippen LogP contribution < -0.4 is 4.90 Å². The first-order valence-corrected chi connectivity index (χ1v) is 10.8. The molecule has 1 aliphatic rings. The molecule has 0 radical (unpaired) electrons. The van der Waals surface area contributed by atoms with Crippen molar-refractivity contribution in [3.05, 3.63) is 89.6 Å². The molecule has 0 aliphatic carbocycles. The molecule has 3 nitrogen and oxygen atoms in total. The number of aromatic nitrogens is 2. The van der Waals surface area contributed by atoms with Crippen molar-refractivity contribution in [1.29, 1.82) is 0 Å². The fraction of sp³-hybridized carbons (Fsp3) is 0.120. The zero-order chi connectivity index (χ0) is 19.2. The minimum absolute atomic E-state index is 0.898. The first kappa shape index (κ1) is 16.7. The molecule has 1 aliphatic heterocycles. The Hall–Kier alpha value is -3.24. The maximum atomic E-state index is 4.75. The quantitative estimate of drug-likeness (QED) is 0.364. The lowest BCUT2D eigenvalue weighted by molar-refractivity contribution is 0.723. The molecule has 29 heavy (non-hydrogen) atoms. The molecule has 0 atom stereocenters. The molecule has 0 unspecified atom stereocenters. The molecule has 6 rings (SSSR count). The second kappa shape index (κ2) is 6.68. The van der Waals surface area contributed by atoms with Gasteiger partial charge in [0.15, 0.2) is 0 Å². The van der Waals surface area contributed by atoms with E-state index in [1.165, 1.54) is 38.4 Å². The Morgan fingerprint density at radius 2 is 1.66 bits per heavy atom. The van der Waals surface area contributed by atoms with Gasteiger partial charge in [-0.1, -0.05) is 60.7 Å². The topological polar surface area (TPSA) is 29.0 Å². The molecule has 3 aromatic carbocycles. The van der Waals surface area contributed by atoms with Crippen molar-refractivity contribution in [2.75, 3.05) is 11.4 Å². The van der Waals surface area contributed by atoms with Gasteiger partial charge < -0.3 is 4.90 Å². The normalized spacial score (nSPS) is 13.7. The molecule has 0 saturated heterocycles. The smallest absolute Gasteiger partial charge is 0.141 e. The molecule has 0 saturated carbocycles. The molecule has 140 valence electrons. The molecule has 0 bridgehead atoms. The van der Waals surface area contributed by atoms with Crippen molar-refractivity contribution in [3.8, 4) is 11.1 Å². The van der Waals surface area contributed by atoms with Crippen LogP contribution in [0, 0.1) is 0 Å². The Labute approximate surface area is 173 Å². The van der Waals surface area contributed by atoms with Gasteiger partial charge in [0.25, 0.3) is 0 Å². The van der Waals surface area contributed by atoms with Crippen molar-refractivity contribution in [2.24, 2.45) is 0 Å². The summed E-state index contributed by atoms with van der Waals surface area (Å²) in [6.45, 7) is 1.88. The van der Waals surface area contributed by atoms with Crippen LogP contribution in [-0.4, -0.2) is 16.5 Å². The zero-order valence-corrected chi connectivity index (χ0v) is 16.7. The largest absolute Gasteiger partial charge is 0.351 e. The highest BCUT2D eigenvalue weighted by Crippen LogP contribution is 2.39. The number of hydrogen-bond donors (Lipinski definition) is 0. The summed E-state index contributed by atoms with van der Waals surface area (Å²) in [5.74, 6) is 1.05. The van der Waals surface area contributed by atoms with E-state index >= 15 is 0 Å². The lowest BCUT2D eigenvalue weighted by Crippen LogP contribution is -2.31. The van der Waals surface area contributed by atoms with Gasteiger partial charge in [0.1, 0.15) is 17.0 Å². The number of thiophene rings is 1. The monoisotopic (exact) mass is 393 g/mol. The highest BCUT2D eigenvalue weighted by atomic mass is 32.1. The summed E-state index contributed by atoms with van der Waals surface area (Å²) in [5.41, 5.74) is 5.30. The van der Waals surface area contributed by atoms with Gasteiger partial charge in [-0.05, 0) is 39.9 Å². The van der Waals surface area contributed by atoms with Crippen LogP contribution in [0.15, 0.2) is 78.4 Å². The molecular weight excluding hydrogens is 374 g/mol. The van der Waals surface area contributed by atoms with Crippen LogP contribution in [0.1, 0.15) is 11.1 Å². The van der Waals surface area contributed by atoms with E-state index in [4.69, 9.17) is 4.98 Å². The SMILES string of the molecule is c1ccc2c(c1)CCN(c1ncnc3scc(-c4ccc5ccccc5c4)c13)C2. The van der Waals surface area contributed by atoms with Gasteiger partial charge in [-0.3, -0.25) is 0 Å². The predicted molar refractivity (Wildman–Crippen MR) is 122 cm³/mol. The fourth-order valence-electron chi connectivity index (χ4n) is 4.34. The predicted octanol–water partition coefficient (Wildman–Crippen LogP) is 6.07. The molecule has 3 heterocycles. The van der Waals surface area contributed by atoms with E-state index in [1.54, 1.807) is 17.7 Å². The van der Waals surface area contributed by atoms with Crippen LogP contribution in [0.25, 0.3) is 32.1 Å². The molecule has 0 fully saturated rings. The van der Waals surface area contributed by atoms with E-state index in [0.29, 0.717) is 0 Å². The molecule has 0 spiro atoms. The average molecular weight is 394 g/mol. The van der Waals surface area contributed by atoms with Crippen LogP contribution >= 0.6 is 11.3 Å². The summed E-state index contributed by atoms with van der Waals surface area (Å²) in [7, 11) is 0. The van der Waals surface area contributed by atoms with Gasteiger partial charge in [0.05, 0.1) is 5.39 Å². The number of rotatable bonds is 2. The maximum Gasteiger partial charge on any atom is 0.141 e. The summed E-state index contributed by atoms with van der Waals surface area (Å²) in [6, 6.07) is 23.9.